The van der Waals surface area contributed by atoms with E-state index in [2.05, 4.69) is 34.7 Å². The van der Waals surface area contributed by atoms with Crippen LogP contribution >= 0.6 is 0 Å². The molecule has 10 heteroatoms. The molecular formula is C25H32FN7O2. The molecule has 2 aliphatic rings. The normalized spacial score (nSPS) is 18.1. The summed E-state index contributed by atoms with van der Waals surface area (Å²) in [6.07, 6.45) is 8.85. The number of halogens is 1. The van der Waals surface area contributed by atoms with Gasteiger partial charge in [-0.1, -0.05) is 0 Å². The molecule has 0 saturated carbocycles. The third kappa shape index (κ3) is 5.50. The molecule has 1 N–H and O–H groups in total. The second kappa shape index (κ2) is 10.8. The molecule has 2 fully saturated rings. The van der Waals surface area contributed by atoms with Gasteiger partial charge in [0.2, 0.25) is 5.95 Å². The number of hydrogen-bond acceptors (Lipinski definition) is 8. The van der Waals surface area contributed by atoms with Crippen molar-refractivity contribution < 1.29 is 13.9 Å². The molecule has 0 spiro atoms. The molecule has 2 saturated heterocycles. The van der Waals surface area contributed by atoms with Crippen molar-refractivity contribution in [1.82, 2.24) is 29.4 Å². The Morgan fingerprint density at radius 2 is 1.86 bits per heavy atom. The Bertz CT molecular complexity index is 1120. The molecule has 9 nitrogen and oxygen atoms in total. The van der Waals surface area contributed by atoms with Crippen molar-refractivity contribution in [1.29, 1.82) is 0 Å². The van der Waals surface area contributed by atoms with E-state index in [1.807, 2.05) is 19.1 Å². The molecule has 0 atom stereocenters. The summed E-state index contributed by atoms with van der Waals surface area (Å²) in [6, 6.07) is 4.16. The van der Waals surface area contributed by atoms with Crippen LogP contribution in [0.2, 0.25) is 0 Å². The van der Waals surface area contributed by atoms with Gasteiger partial charge in [0.05, 0.1) is 41.8 Å². The van der Waals surface area contributed by atoms with Crippen LogP contribution < -0.4 is 5.32 Å². The number of aromatic nitrogens is 5. The topological polar surface area (TPSA) is 90.2 Å². The molecule has 35 heavy (non-hydrogen) atoms. The molecule has 2 aliphatic heterocycles. The van der Waals surface area contributed by atoms with Crippen LogP contribution in [0.25, 0.3) is 11.4 Å². The highest BCUT2D eigenvalue weighted by atomic mass is 19.1. The highest BCUT2D eigenvalue weighted by Gasteiger charge is 2.24. The highest BCUT2D eigenvalue weighted by Crippen LogP contribution is 2.31. The second-order valence-electron chi connectivity index (χ2n) is 9.17. The lowest BCUT2D eigenvalue weighted by molar-refractivity contribution is 0.0385. The minimum atomic E-state index is -0.477. The van der Waals surface area contributed by atoms with Crippen LogP contribution in [-0.2, 0) is 16.0 Å². The lowest BCUT2D eigenvalue weighted by atomic mass is 10.1. The summed E-state index contributed by atoms with van der Waals surface area (Å²) in [5.41, 5.74) is 2.64. The van der Waals surface area contributed by atoms with Crippen LogP contribution in [0, 0.1) is 12.7 Å². The van der Waals surface area contributed by atoms with E-state index in [4.69, 9.17) is 9.47 Å². The van der Waals surface area contributed by atoms with Crippen molar-refractivity contribution in [3.8, 4) is 11.4 Å². The Balaban J connectivity index is 1.29. The summed E-state index contributed by atoms with van der Waals surface area (Å²) in [4.78, 5) is 20.1. The lowest BCUT2D eigenvalue weighted by Gasteiger charge is -2.30. The van der Waals surface area contributed by atoms with Crippen molar-refractivity contribution in [2.45, 2.75) is 51.3 Å². The number of nitrogens with zero attached hydrogens (tertiary/aromatic N) is 6. The van der Waals surface area contributed by atoms with Crippen molar-refractivity contribution in [3.63, 3.8) is 0 Å². The Morgan fingerprint density at radius 3 is 2.57 bits per heavy atom. The maximum absolute atomic E-state index is 14.8. The number of nitrogens with one attached hydrogen (secondary N) is 1. The molecule has 0 aliphatic carbocycles. The molecule has 3 aromatic heterocycles. The SMILES string of the molecule is COC1CCN(Cc2ccc(Nc3ncc(F)c(-c4cnc(C)n4C4CCOCC4)n3)cn2)CC1. The largest absolute Gasteiger partial charge is 0.381 e. The number of anilines is 2. The van der Waals surface area contributed by atoms with E-state index in [-0.39, 0.29) is 11.7 Å². The number of piperidine rings is 1. The van der Waals surface area contributed by atoms with E-state index in [9.17, 15) is 4.39 Å². The molecule has 3 aromatic rings. The fourth-order valence-corrected chi connectivity index (χ4v) is 4.89. The Morgan fingerprint density at radius 1 is 1.06 bits per heavy atom. The first kappa shape index (κ1) is 23.8. The first-order valence-corrected chi connectivity index (χ1v) is 12.2. The molecule has 5 heterocycles. The van der Waals surface area contributed by atoms with Gasteiger partial charge in [0.25, 0.3) is 0 Å². The van der Waals surface area contributed by atoms with Crippen molar-refractivity contribution >= 4 is 11.6 Å². The van der Waals surface area contributed by atoms with Crippen molar-refractivity contribution in [3.05, 3.63) is 48.1 Å². The number of likely N-dealkylation sites (tertiary alicyclic amines) is 1. The van der Waals surface area contributed by atoms with E-state index in [1.165, 1.54) is 6.20 Å². The number of ether oxygens (including phenoxy) is 2. The van der Waals surface area contributed by atoms with Gasteiger partial charge in [-0.3, -0.25) is 9.88 Å². The van der Waals surface area contributed by atoms with Crippen LogP contribution in [0.15, 0.2) is 30.7 Å². The van der Waals surface area contributed by atoms with Crippen molar-refractivity contribution in [2.75, 3.05) is 38.7 Å². The average Bonchev–Trinajstić information content (AvgIpc) is 3.28. The highest BCUT2D eigenvalue weighted by molar-refractivity contribution is 5.59. The zero-order chi connectivity index (χ0) is 24.2. The lowest BCUT2D eigenvalue weighted by Crippen LogP contribution is -2.36. The van der Waals surface area contributed by atoms with Gasteiger partial charge >= 0.3 is 0 Å². The first-order chi connectivity index (χ1) is 17.1. The summed E-state index contributed by atoms with van der Waals surface area (Å²) < 4.78 is 27.8. The number of imidazole rings is 1. The first-order valence-electron chi connectivity index (χ1n) is 12.2. The van der Waals surface area contributed by atoms with E-state index in [0.29, 0.717) is 31.0 Å². The summed E-state index contributed by atoms with van der Waals surface area (Å²) in [5.74, 6) is 0.676. The van der Waals surface area contributed by atoms with Gasteiger partial charge in [0, 0.05) is 46.0 Å². The van der Waals surface area contributed by atoms with Gasteiger partial charge in [-0.2, -0.15) is 0 Å². The summed E-state index contributed by atoms with van der Waals surface area (Å²) in [7, 11) is 1.78. The van der Waals surface area contributed by atoms with Gasteiger partial charge in [-0.25, -0.2) is 19.3 Å². The number of pyridine rings is 1. The van der Waals surface area contributed by atoms with Gasteiger partial charge in [-0.05, 0) is 44.7 Å². The minimum absolute atomic E-state index is 0.212. The minimum Gasteiger partial charge on any atom is -0.381 e. The van der Waals surface area contributed by atoms with Gasteiger partial charge < -0.3 is 19.4 Å². The number of hydrogen-bond donors (Lipinski definition) is 1. The maximum Gasteiger partial charge on any atom is 0.228 e. The molecular weight excluding hydrogens is 449 g/mol. The third-order valence-corrected chi connectivity index (χ3v) is 6.86. The predicted octanol–water partition coefficient (Wildman–Crippen LogP) is 3.89. The smallest absolute Gasteiger partial charge is 0.228 e. The predicted molar refractivity (Wildman–Crippen MR) is 130 cm³/mol. The molecule has 0 amide bonds. The molecule has 0 bridgehead atoms. The second-order valence-corrected chi connectivity index (χ2v) is 9.17. The summed E-state index contributed by atoms with van der Waals surface area (Å²) >= 11 is 0. The van der Waals surface area contributed by atoms with Gasteiger partial charge in [0.15, 0.2) is 5.82 Å². The fraction of sp³-hybridized carbons (Fsp3) is 0.520. The van der Waals surface area contributed by atoms with E-state index >= 15 is 0 Å². The summed E-state index contributed by atoms with van der Waals surface area (Å²) in [6.45, 7) is 6.14. The van der Waals surface area contributed by atoms with Crippen LogP contribution in [0.5, 0.6) is 0 Å². The number of methoxy groups -OCH3 is 1. The molecule has 0 unspecified atom stereocenters. The Hall–Kier alpha value is -2.95. The number of rotatable bonds is 7. The van der Waals surface area contributed by atoms with Gasteiger partial charge in [-0.15, -0.1) is 0 Å². The van der Waals surface area contributed by atoms with Gasteiger partial charge in [0.1, 0.15) is 11.5 Å². The van der Waals surface area contributed by atoms with Crippen LogP contribution in [0.3, 0.4) is 0 Å². The third-order valence-electron chi connectivity index (χ3n) is 6.86. The fourth-order valence-electron chi connectivity index (χ4n) is 4.89. The molecule has 5 rings (SSSR count). The Kier molecular flexibility index (Phi) is 7.31. The zero-order valence-corrected chi connectivity index (χ0v) is 20.3. The van der Waals surface area contributed by atoms with E-state index < -0.39 is 5.82 Å². The average molecular weight is 482 g/mol. The standard InChI is InChI=1S/C25H32FN7O2/c1-17-27-15-23(33(17)20-7-11-35-12-8-20)24-22(26)14-29-25(31-24)30-18-3-4-19(28-13-18)16-32-9-5-21(34-2)6-10-32/h3-4,13-15,20-21H,5-12,16H2,1-2H3,(H,29,30,31). The van der Waals surface area contributed by atoms with Crippen molar-refractivity contribution in [2.24, 2.45) is 0 Å². The number of aryl methyl sites for hydroxylation is 1. The monoisotopic (exact) mass is 481 g/mol. The molecule has 0 radical (unpaired) electrons. The molecule has 0 aromatic carbocycles. The van der Waals surface area contributed by atoms with Crippen LogP contribution in [0.4, 0.5) is 16.0 Å². The zero-order valence-electron chi connectivity index (χ0n) is 20.3. The van der Waals surface area contributed by atoms with E-state index in [1.54, 1.807) is 19.5 Å². The maximum atomic E-state index is 14.8. The van der Waals surface area contributed by atoms with E-state index in [0.717, 1.165) is 62.5 Å². The quantitative estimate of drug-likeness (QED) is 0.544. The molecule has 186 valence electrons. The van der Waals surface area contributed by atoms with Crippen LogP contribution in [-0.4, -0.2) is 68.9 Å². The van der Waals surface area contributed by atoms with Crippen LogP contribution in [0.1, 0.15) is 43.2 Å². The summed E-state index contributed by atoms with van der Waals surface area (Å²) in [5, 5.41) is 3.16. The Labute approximate surface area is 204 Å².